The van der Waals surface area contributed by atoms with Crippen LogP contribution in [0.5, 0.6) is 0 Å². The SMILES string of the molecule is Cc1nn(C)c(NC(=O)Cc2ccccc2F)c1N. The summed E-state index contributed by atoms with van der Waals surface area (Å²) in [5.74, 6) is -0.301. The Hall–Kier alpha value is -2.37. The molecule has 0 atom stereocenters. The number of rotatable bonds is 3. The van der Waals surface area contributed by atoms with Gasteiger partial charge in [-0.3, -0.25) is 9.48 Å². The van der Waals surface area contributed by atoms with E-state index in [9.17, 15) is 9.18 Å². The molecule has 2 rings (SSSR count). The van der Waals surface area contributed by atoms with Crippen LogP contribution in [0.4, 0.5) is 15.9 Å². The van der Waals surface area contributed by atoms with Gasteiger partial charge in [-0.1, -0.05) is 18.2 Å². The van der Waals surface area contributed by atoms with E-state index in [2.05, 4.69) is 10.4 Å². The summed E-state index contributed by atoms with van der Waals surface area (Å²) in [5.41, 5.74) is 7.21. The topological polar surface area (TPSA) is 72.9 Å². The van der Waals surface area contributed by atoms with E-state index < -0.39 is 5.82 Å². The Morgan fingerprint density at radius 1 is 1.47 bits per heavy atom. The van der Waals surface area contributed by atoms with E-state index in [1.54, 1.807) is 32.2 Å². The molecule has 1 aromatic carbocycles. The molecule has 0 fully saturated rings. The lowest BCUT2D eigenvalue weighted by Crippen LogP contribution is -2.18. The smallest absolute Gasteiger partial charge is 0.230 e. The second-order valence-electron chi connectivity index (χ2n) is 4.29. The molecule has 6 heteroatoms. The molecule has 3 N–H and O–H groups in total. The third-order valence-corrected chi connectivity index (χ3v) is 2.84. The van der Waals surface area contributed by atoms with E-state index in [-0.39, 0.29) is 12.3 Å². The van der Waals surface area contributed by atoms with Crippen LogP contribution in [0.15, 0.2) is 24.3 Å². The minimum absolute atomic E-state index is 0.0453. The van der Waals surface area contributed by atoms with Crippen molar-refractivity contribution in [2.24, 2.45) is 7.05 Å². The molecule has 0 aliphatic heterocycles. The summed E-state index contributed by atoms with van der Waals surface area (Å²) in [4.78, 5) is 11.9. The van der Waals surface area contributed by atoms with Gasteiger partial charge in [-0.2, -0.15) is 5.10 Å². The first-order valence-corrected chi connectivity index (χ1v) is 5.81. The number of aromatic nitrogens is 2. The predicted octanol–water partition coefficient (Wildman–Crippen LogP) is 1.63. The van der Waals surface area contributed by atoms with Crippen molar-refractivity contribution in [1.82, 2.24) is 9.78 Å². The highest BCUT2D eigenvalue weighted by molar-refractivity contribution is 5.94. The summed E-state index contributed by atoms with van der Waals surface area (Å²) in [6.07, 6.45) is -0.0453. The summed E-state index contributed by atoms with van der Waals surface area (Å²) >= 11 is 0. The van der Waals surface area contributed by atoms with Crippen LogP contribution in [0.2, 0.25) is 0 Å². The molecule has 5 nitrogen and oxygen atoms in total. The lowest BCUT2D eigenvalue weighted by atomic mass is 10.1. The zero-order valence-corrected chi connectivity index (χ0v) is 10.8. The summed E-state index contributed by atoms with van der Waals surface area (Å²) in [7, 11) is 1.68. The number of nitrogens with one attached hydrogen (secondary N) is 1. The van der Waals surface area contributed by atoms with E-state index in [4.69, 9.17) is 5.73 Å². The Morgan fingerprint density at radius 3 is 2.74 bits per heavy atom. The average molecular weight is 262 g/mol. The second kappa shape index (κ2) is 5.09. The lowest BCUT2D eigenvalue weighted by molar-refractivity contribution is -0.115. The van der Waals surface area contributed by atoms with Crippen molar-refractivity contribution in [3.63, 3.8) is 0 Å². The fourth-order valence-electron chi connectivity index (χ4n) is 1.81. The number of anilines is 2. The largest absolute Gasteiger partial charge is 0.394 e. The van der Waals surface area contributed by atoms with E-state index in [1.807, 2.05) is 0 Å². The fourth-order valence-corrected chi connectivity index (χ4v) is 1.81. The van der Waals surface area contributed by atoms with Crippen LogP contribution < -0.4 is 11.1 Å². The number of nitrogens with two attached hydrogens (primary N) is 1. The molecular formula is C13H15FN4O. The number of aryl methyl sites for hydroxylation is 2. The third-order valence-electron chi connectivity index (χ3n) is 2.84. The van der Waals surface area contributed by atoms with E-state index >= 15 is 0 Å². The van der Waals surface area contributed by atoms with Gasteiger partial charge in [0, 0.05) is 7.05 Å². The molecule has 0 aliphatic carbocycles. The summed E-state index contributed by atoms with van der Waals surface area (Å²) in [6, 6.07) is 6.17. The number of nitrogen functional groups attached to an aromatic ring is 1. The van der Waals surface area contributed by atoms with Crippen LogP contribution in [-0.2, 0) is 18.3 Å². The maximum absolute atomic E-state index is 13.4. The summed E-state index contributed by atoms with van der Waals surface area (Å²) in [5, 5.41) is 6.74. The Bertz CT molecular complexity index is 621. The van der Waals surface area contributed by atoms with Gasteiger partial charge < -0.3 is 11.1 Å². The molecule has 0 saturated heterocycles. The predicted molar refractivity (Wildman–Crippen MR) is 71.1 cm³/mol. The highest BCUT2D eigenvalue weighted by Gasteiger charge is 2.14. The summed E-state index contributed by atoms with van der Waals surface area (Å²) < 4.78 is 14.9. The number of amides is 1. The standard InChI is InChI=1S/C13H15FN4O/c1-8-12(15)13(18(2)17-8)16-11(19)7-9-5-3-4-6-10(9)14/h3-6H,7,15H2,1-2H3,(H,16,19). The van der Waals surface area contributed by atoms with E-state index in [0.29, 0.717) is 22.8 Å². The highest BCUT2D eigenvalue weighted by atomic mass is 19.1. The molecule has 0 bridgehead atoms. The number of carbonyl (C=O) groups is 1. The fraction of sp³-hybridized carbons (Fsp3) is 0.231. The van der Waals surface area contributed by atoms with Crippen LogP contribution in [0, 0.1) is 12.7 Å². The molecule has 0 radical (unpaired) electrons. The molecule has 0 saturated carbocycles. The molecule has 0 aliphatic rings. The molecule has 2 aromatic rings. The molecule has 1 amide bonds. The third kappa shape index (κ3) is 2.73. The zero-order valence-electron chi connectivity index (χ0n) is 10.8. The number of halogens is 1. The van der Waals surface area contributed by atoms with Crippen LogP contribution >= 0.6 is 0 Å². The minimum atomic E-state index is -0.396. The van der Waals surface area contributed by atoms with Gasteiger partial charge in [-0.05, 0) is 18.6 Å². The lowest BCUT2D eigenvalue weighted by Gasteiger charge is -2.07. The minimum Gasteiger partial charge on any atom is -0.394 e. The first-order chi connectivity index (χ1) is 8.99. The van der Waals surface area contributed by atoms with Gasteiger partial charge in [-0.15, -0.1) is 0 Å². The van der Waals surface area contributed by atoms with Crippen molar-refractivity contribution in [3.8, 4) is 0 Å². The number of hydrogen-bond donors (Lipinski definition) is 2. The van der Waals surface area contributed by atoms with E-state index in [0.717, 1.165) is 0 Å². The van der Waals surface area contributed by atoms with Crippen LogP contribution in [0.25, 0.3) is 0 Å². The van der Waals surface area contributed by atoms with Gasteiger partial charge in [-0.25, -0.2) is 4.39 Å². The van der Waals surface area contributed by atoms with Gasteiger partial charge in [0.1, 0.15) is 5.82 Å². The van der Waals surface area contributed by atoms with Crippen molar-refractivity contribution in [2.75, 3.05) is 11.1 Å². The van der Waals surface area contributed by atoms with Gasteiger partial charge in [0.2, 0.25) is 5.91 Å². The molecule has 0 spiro atoms. The van der Waals surface area contributed by atoms with Crippen LogP contribution in [-0.4, -0.2) is 15.7 Å². The second-order valence-corrected chi connectivity index (χ2v) is 4.29. The van der Waals surface area contributed by atoms with Crippen molar-refractivity contribution >= 4 is 17.4 Å². The average Bonchev–Trinajstić information content (AvgIpc) is 2.59. The molecule has 0 unspecified atom stereocenters. The Labute approximate surface area is 110 Å². The molecule has 100 valence electrons. The number of benzene rings is 1. The number of nitrogens with zero attached hydrogens (tertiary/aromatic N) is 2. The van der Waals surface area contributed by atoms with Gasteiger partial charge in [0.05, 0.1) is 17.8 Å². The monoisotopic (exact) mass is 262 g/mol. The Morgan fingerprint density at radius 2 is 2.16 bits per heavy atom. The van der Waals surface area contributed by atoms with Gasteiger partial charge in [0.25, 0.3) is 0 Å². The Kier molecular flexibility index (Phi) is 3.50. The maximum atomic E-state index is 13.4. The number of carbonyl (C=O) groups excluding carboxylic acids is 1. The quantitative estimate of drug-likeness (QED) is 0.883. The highest BCUT2D eigenvalue weighted by Crippen LogP contribution is 2.21. The van der Waals surface area contributed by atoms with Gasteiger partial charge in [0.15, 0.2) is 5.82 Å². The van der Waals surface area contributed by atoms with Crippen LogP contribution in [0.1, 0.15) is 11.3 Å². The maximum Gasteiger partial charge on any atom is 0.230 e. The van der Waals surface area contributed by atoms with Crippen molar-refractivity contribution in [2.45, 2.75) is 13.3 Å². The van der Waals surface area contributed by atoms with Gasteiger partial charge >= 0.3 is 0 Å². The summed E-state index contributed by atoms with van der Waals surface area (Å²) in [6.45, 7) is 1.75. The van der Waals surface area contributed by atoms with Crippen molar-refractivity contribution < 1.29 is 9.18 Å². The molecule has 1 heterocycles. The Balaban J connectivity index is 2.12. The van der Waals surface area contributed by atoms with Crippen LogP contribution in [0.3, 0.4) is 0 Å². The number of hydrogen-bond acceptors (Lipinski definition) is 3. The molecule has 1 aromatic heterocycles. The first kappa shape index (κ1) is 13.1. The molecular weight excluding hydrogens is 247 g/mol. The van der Waals surface area contributed by atoms with Crippen molar-refractivity contribution in [3.05, 3.63) is 41.3 Å². The normalized spacial score (nSPS) is 10.5. The zero-order chi connectivity index (χ0) is 14.0. The molecule has 19 heavy (non-hydrogen) atoms. The van der Waals surface area contributed by atoms with Crippen molar-refractivity contribution in [1.29, 1.82) is 0 Å². The first-order valence-electron chi connectivity index (χ1n) is 5.81. The van der Waals surface area contributed by atoms with E-state index in [1.165, 1.54) is 10.7 Å².